The maximum absolute atomic E-state index is 6.25. The van der Waals surface area contributed by atoms with Gasteiger partial charge in [0.05, 0.1) is 0 Å². The standard InChI is InChI=1S/6CN.Cu.Fe.Na/c6*1-2;;;/q6*-1;2*+2;+1. The number of hydrogen-bond acceptors (Lipinski definition) is 6. The first kappa shape index (κ1) is 95.0. The van der Waals surface area contributed by atoms with Gasteiger partial charge in [-0.3, -0.25) is 0 Å². The van der Waals surface area contributed by atoms with Gasteiger partial charge in [0.25, 0.3) is 0 Å². The van der Waals surface area contributed by atoms with Gasteiger partial charge >= 0.3 is 63.7 Å². The van der Waals surface area contributed by atoms with Crippen LogP contribution in [0.15, 0.2) is 0 Å². The van der Waals surface area contributed by atoms with Crippen molar-refractivity contribution >= 4 is 0 Å². The van der Waals surface area contributed by atoms with Gasteiger partial charge in [-0.25, -0.2) is 0 Å². The molecule has 15 heavy (non-hydrogen) atoms. The molecule has 6 nitrogen and oxygen atoms in total. The van der Waals surface area contributed by atoms with E-state index in [-0.39, 0.29) is 63.7 Å². The van der Waals surface area contributed by atoms with Crippen LogP contribution in [0, 0.1) is 71.0 Å². The van der Waals surface area contributed by atoms with Crippen molar-refractivity contribution in [1.29, 1.82) is 31.6 Å². The Morgan fingerprint density at radius 3 is 0.400 bits per heavy atom. The SMILES string of the molecule is [C-]#N.[C-]#N.[C-]#N.[C-]#N.[C-]#N.[C-]#N.[Cu+2].[Fe+2].[Na+]. The summed E-state index contributed by atoms with van der Waals surface area (Å²) in [5.74, 6) is 0. The molecule has 0 N–H and O–H groups in total. The molecule has 0 aromatic rings. The fourth-order valence-electron chi connectivity index (χ4n) is 0. The molecule has 0 rings (SSSR count). The van der Waals surface area contributed by atoms with E-state index < -0.39 is 0 Å². The van der Waals surface area contributed by atoms with E-state index in [4.69, 9.17) is 71.0 Å². The summed E-state index contributed by atoms with van der Waals surface area (Å²) < 4.78 is 0. The van der Waals surface area contributed by atoms with Crippen molar-refractivity contribution in [3.8, 4) is 0 Å². The molecule has 0 fully saturated rings. The van der Waals surface area contributed by atoms with E-state index in [1.54, 1.807) is 0 Å². The predicted molar refractivity (Wildman–Crippen MR) is 29.8 cm³/mol. The summed E-state index contributed by atoms with van der Waals surface area (Å²) in [4.78, 5) is 0. The summed E-state index contributed by atoms with van der Waals surface area (Å²) in [6, 6.07) is 0. The number of nitrogens with zero attached hydrogens (tertiary/aromatic N) is 6. The summed E-state index contributed by atoms with van der Waals surface area (Å²) in [6.07, 6.45) is 0. The van der Waals surface area contributed by atoms with Crippen LogP contribution in [-0.2, 0) is 34.1 Å². The zero-order chi connectivity index (χ0) is 12.0. The van der Waals surface area contributed by atoms with Crippen LogP contribution >= 0.6 is 0 Å². The predicted octanol–water partition coefficient (Wildman–Crippen LogP) is -2.42. The molecule has 0 atom stereocenters. The van der Waals surface area contributed by atoms with Gasteiger partial charge in [-0.15, -0.1) is 0 Å². The Bertz CT molecular complexity index is 103. The molecule has 0 aliphatic rings. The zero-order valence-electron chi connectivity index (χ0n) is 7.34. The summed E-state index contributed by atoms with van der Waals surface area (Å²) in [6.45, 7) is 28.5. The maximum atomic E-state index is 6.25. The minimum absolute atomic E-state index is 0. The van der Waals surface area contributed by atoms with Crippen LogP contribution in [0.3, 0.4) is 0 Å². The van der Waals surface area contributed by atoms with Gasteiger partial charge in [0.1, 0.15) is 0 Å². The van der Waals surface area contributed by atoms with Gasteiger partial charge in [0, 0.05) is 0 Å². The van der Waals surface area contributed by atoms with E-state index in [1.807, 2.05) is 0 Å². The van der Waals surface area contributed by atoms with Crippen molar-refractivity contribution in [1.82, 2.24) is 0 Å². The molecule has 0 unspecified atom stereocenters. The molecule has 0 aliphatic heterocycles. The summed E-state index contributed by atoms with van der Waals surface area (Å²) in [5.41, 5.74) is 0. The van der Waals surface area contributed by atoms with Gasteiger partial charge in [0.15, 0.2) is 0 Å². The quantitative estimate of drug-likeness (QED) is 0.359. The van der Waals surface area contributed by atoms with Crippen LogP contribution < -0.4 is 29.6 Å². The van der Waals surface area contributed by atoms with Crippen molar-refractivity contribution in [3.63, 3.8) is 0 Å². The average Bonchev–Trinajstić information content (AvgIpc) is 2.33. The second kappa shape index (κ2) is 1790. The third kappa shape index (κ3) is 1500. The molecule has 1 radical (unpaired) electrons. The minimum Gasteiger partial charge on any atom is -0.512 e. The van der Waals surface area contributed by atoms with Gasteiger partial charge in [-0.05, 0) is 0 Å². The first-order chi connectivity index (χ1) is 6.00. The van der Waals surface area contributed by atoms with E-state index in [9.17, 15) is 0 Å². The fraction of sp³-hybridized carbons (Fsp3) is 0. The van der Waals surface area contributed by atoms with Crippen molar-refractivity contribution < 1.29 is 63.7 Å². The van der Waals surface area contributed by atoms with Gasteiger partial charge in [-0.1, -0.05) is 0 Å². The molecule has 9 heteroatoms. The Kier molecular flexibility index (Phi) is 11300. The summed E-state index contributed by atoms with van der Waals surface area (Å²) in [5, 5.41) is 37.5. The Morgan fingerprint density at radius 2 is 0.400 bits per heavy atom. The minimum atomic E-state index is 0. The first-order valence-electron chi connectivity index (χ1n) is 1.34. The van der Waals surface area contributed by atoms with E-state index >= 15 is 0 Å². The molecule has 75 valence electrons. The molecule has 0 bridgehead atoms. The summed E-state index contributed by atoms with van der Waals surface area (Å²) in [7, 11) is 0. The third-order valence-corrected chi connectivity index (χ3v) is 0. The van der Waals surface area contributed by atoms with Crippen molar-refractivity contribution in [3.05, 3.63) is 39.4 Å². The van der Waals surface area contributed by atoms with Crippen LogP contribution in [0.4, 0.5) is 0 Å². The number of hydrogen-bond donors (Lipinski definition) is 0. The Morgan fingerprint density at radius 1 is 0.400 bits per heavy atom. The average molecular weight is 298 g/mol. The second-order valence-corrected chi connectivity index (χ2v) is 0. The van der Waals surface area contributed by atoms with Crippen molar-refractivity contribution in [2.75, 3.05) is 0 Å². The van der Waals surface area contributed by atoms with Crippen LogP contribution in [0.2, 0.25) is 0 Å². The monoisotopic (exact) mass is 298 g/mol. The van der Waals surface area contributed by atoms with E-state index in [2.05, 4.69) is 0 Å². The van der Waals surface area contributed by atoms with Gasteiger partial charge < -0.3 is 71.0 Å². The largest absolute Gasteiger partial charge is 2.00 e. The molecule has 0 saturated carbocycles. The van der Waals surface area contributed by atoms with Crippen LogP contribution in [0.5, 0.6) is 0 Å². The van der Waals surface area contributed by atoms with Crippen LogP contribution in [0.25, 0.3) is 0 Å². The van der Waals surface area contributed by atoms with Crippen LogP contribution in [0.1, 0.15) is 0 Å². The Hall–Kier alpha value is -1.02. The zero-order valence-corrected chi connectivity index (χ0v) is 11.4. The van der Waals surface area contributed by atoms with Gasteiger partial charge in [0.2, 0.25) is 0 Å². The molecule has 0 aromatic carbocycles. The maximum Gasteiger partial charge on any atom is 2.00 e. The third-order valence-electron chi connectivity index (χ3n) is 0. The fourth-order valence-corrected chi connectivity index (χ4v) is 0. The molecular weight excluding hydrogens is 298 g/mol. The molecular formula is C6CuFeN6Na-. The van der Waals surface area contributed by atoms with Crippen molar-refractivity contribution in [2.24, 2.45) is 0 Å². The first-order valence-corrected chi connectivity index (χ1v) is 1.34. The molecule has 0 saturated heterocycles. The molecule has 0 aliphatic carbocycles. The molecule has 0 spiro atoms. The van der Waals surface area contributed by atoms with Crippen LogP contribution in [-0.4, -0.2) is 0 Å². The van der Waals surface area contributed by atoms with E-state index in [0.717, 1.165) is 0 Å². The van der Waals surface area contributed by atoms with Gasteiger partial charge in [-0.2, -0.15) is 0 Å². The topological polar surface area (TPSA) is 143 Å². The molecule has 0 amide bonds. The Labute approximate surface area is 134 Å². The molecule has 0 aromatic heterocycles. The molecule has 0 heterocycles. The normalized spacial score (nSPS) is 0.800. The summed E-state index contributed by atoms with van der Waals surface area (Å²) >= 11 is 0. The van der Waals surface area contributed by atoms with Crippen molar-refractivity contribution in [2.45, 2.75) is 0 Å². The van der Waals surface area contributed by atoms with E-state index in [0.29, 0.717) is 0 Å². The Balaban J connectivity index is -0.00000000396. The van der Waals surface area contributed by atoms with E-state index in [1.165, 1.54) is 0 Å². The number of rotatable bonds is 0. The smallest absolute Gasteiger partial charge is 0.512 e. The second-order valence-electron chi connectivity index (χ2n) is 0.